The van der Waals surface area contributed by atoms with Gasteiger partial charge in [0.15, 0.2) is 5.43 Å². The van der Waals surface area contributed by atoms with Crippen LogP contribution in [-0.2, 0) is 0 Å². The topological polar surface area (TPSA) is 53.2 Å². The average molecular weight is 248 g/mol. The number of aromatic amines is 1. The maximum atomic E-state index is 12.3. The Morgan fingerprint density at radius 3 is 3.00 bits per heavy atom. The van der Waals surface area contributed by atoms with E-state index in [9.17, 15) is 9.59 Å². The number of likely N-dealkylation sites (tertiary alicyclic amines) is 1. The number of hydrogen-bond donors (Lipinski definition) is 1. The van der Waals surface area contributed by atoms with Gasteiger partial charge in [-0.15, -0.1) is 0 Å². The van der Waals surface area contributed by atoms with E-state index in [4.69, 9.17) is 0 Å². The molecule has 1 saturated heterocycles. The zero-order valence-corrected chi connectivity index (χ0v) is 10.8. The Hall–Kier alpha value is -1.58. The molecule has 98 valence electrons. The SMILES string of the molecule is CCC1CCCN(C(=O)c2c[nH]ccc2=O)CC1. The van der Waals surface area contributed by atoms with Gasteiger partial charge >= 0.3 is 0 Å². The molecule has 1 aliphatic rings. The number of rotatable bonds is 2. The highest BCUT2D eigenvalue weighted by Gasteiger charge is 2.22. The highest BCUT2D eigenvalue weighted by Crippen LogP contribution is 2.20. The van der Waals surface area contributed by atoms with Gasteiger partial charge in [-0.25, -0.2) is 0 Å². The lowest BCUT2D eigenvalue weighted by Crippen LogP contribution is -2.35. The van der Waals surface area contributed by atoms with Gasteiger partial charge in [0.1, 0.15) is 5.56 Å². The van der Waals surface area contributed by atoms with E-state index in [1.165, 1.54) is 25.1 Å². The zero-order valence-electron chi connectivity index (χ0n) is 10.8. The van der Waals surface area contributed by atoms with Crippen LogP contribution in [0.5, 0.6) is 0 Å². The molecule has 4 heteroatoms. The molecule has 1 atom stereocenters. The molecule has 1 fully saturated rings. The van der Waals surface area contributed by atoms with Gasteiger partial charge in [0.2, 0.25) is 0 Å². The minimum absolute atomic E-state index is 0.131. The third-order valence-corrected chi connectivity index (χ3v) is 3.77. The van der Waals surface area contributed by atoms with Gasteiger partial charge in [0.25, 0.3) is 5.91 Å². The van der Waals surface area contributed by atoms with Crippen LogP contribution in [0.1, 0.15) is 43.0 Å². The van der Waals surface area contributed by atoms with Crippen molar-refractivity contribution in [1.29, 1.82) is 0 Å². The highest BCUT2D eigenvalue weighted by molar-refractivity contribution is 5.93. The molecule has 0 spiro atoms. The molecule has 1 amide bonds. The number of hydrogen-bond acceptors (Lipinski definition) is 2. The summed E-state index contributed by atoms with van der Waals surface area (Å²) >= 11 is 0. The van der Waals surface area contributed by atoms with Crippen molar-refractivity contribution in [3.63, 3.8) is 0 Å². The highest BCUT2D eigenvalue weighted by atomic mass is 16.2. The molecule has 1 aromatic rings. The van der Waals surface area contributed by atoms with Crippen LogP contribution < -0.4 is 5.43 Å². The number of carbonyl (C=O) groups is 1. The van der Waals surface area contributed by atoms with Crippen LogP contribution in [0.15, 0.2) is 23.3 Å². The second-order valence-electron chi connectivity index (χ2n) is 4.92. The Morgan fingerprint density at radius 2 is 2.28 bits per heavy atom. The fourth-order valence-corrected chi connectivity index (χ4v) is 2.53. The molecule has 0 bridgehead atoms. The predicted molar refractivity (Wildman–Crippen MR) is 70.6 cm³/mol. The van der Waals surface area contributed by atoms with Crippen molar-refractivity contribution < 1.29 is 4.79 Å². The van der Waals surface area contributed by atoms with Crippen LogP contribution in [0, 0.1) is 5.92 Å². The molecule has 1 aromatic heterocycles. The number of nitrogens with zero attached hydrogens (tertiary/aromatic N) is 1. The fraction of sp³-hybridized carbons (Fsp3) is 0.571. The molecule has 1 unspecified atom stereocenters. The average Bonchev–Trinajstić information content (AvgIpc) is 2.63. The lowest BCUT2D eigenvalue weighted by Gasteiger charge is -2.20. The number of amides is 1. The van der Waals surface area contributed by atoms with Gasteiger partial charge in [0, 0.05) is 31.5 Å². The summed E-state index contributed by atoms with van der Waals surface area (Å²) in [5.74, 6) is 0.588. The molecule has 0 saturated carbocycles. The molecular formula is C14H20N2O2. The van der Waals surface area contributed by atoms with Gasteiger partial charge < -0.3 is 9.88 Å². The van der Waals surface area contributed by atoms with Crippen LogP contribution in [0.2, 0.25) is 0 Å². The number of nitrogens with one attached hydrogen (secondary N) is 1. The van der Waals surface area contributed by atoms with Crippen molar-refractivity contribution in [1.82, 2.24) is 9.88 Å². The number of carbonyl (C=O) groups excluding carboxylic acids is 1. The first-order valence-electron chi connectivity index (χ1n) is 6.68. The molecule has 18 heavy (non-hydrogen) atoms. The first-order valence-corrected chi connectivity index (χ1v) is 6.68. The lowest BCUT2D eigenvalue weighted by molar-refractivity contribution is 0.0758. The van der Waals surface area contributed by atoms with E-state index in [0.29, 0.717) is 0 Å². The van der Waals surface area contributed by atoms with Gasteiger partial charge in [-0.2, -0.15) is 0 Å². The summed E-state index contributed by atoms with van der Waals surface area (Å²) in [6.45, 7) is 3.74. The predicted octanol–water partition coefficient (Wildman–Crippen LogP) is 2.03. The van der Waals surface area contributed by atoms with Crippen molar-refractivity contribution in [2.24, 2.45) is 5.92 Å². The molecule has 0 aromatic carbocycles. The minimum atomic E-state index is -0.199. The summed E-state index contributed by atoms with van der Waals surface area (Å²) in [6.07, 6.45) is 7.50. The molecule has 0 radical (unpaired) electrons. The monoisotopic (exact) mass is 248 g/mol. The summed E-state index contributed by atoms with van der Waals surface area (Å²) in [4.78, 5) is 28.5. The van der Waals surface area contributed by atoms with Crippen LogP contribution >= 0.6 is 0 Å². The summed E-state index contributed by atoms with van der Waals surface area (Å²) < 4.78 is 0. The van der Waals surface area contributed by atoms with Gasteiger partial charge in [-0.3, -0.25) is 9.59 Å². The molecule has 4 nitrogen and oxygen atoms in total. The normalized spacial score (nSPS) is 20.5. The standard InChI is InChI=1S/C14H20N2O2/c1-2-11-4-3-8-16(9-6-11)14(18)12-10-15-7-5-13(12)17/h5,7,10-11H,2-4,6,8-9H2,1H3,(H,15,17). The zero-order chi connectivity index (χ0) is 13.0. The second kappa shape index (κ2) is 5.85. The summed E-state index contributed by atoms with van der Waals surface area (Å²) in [6, 6.07) is 1.40. The van der Waals surface area contributed by atoms with E-state index >= 15 is 0 Å². The molecule has 1 N–H and O–H groups in total. The number of aromatic nitrogens is 1. The van der Waals surface area contributed by atoms with E-state index in [0.717, 1.165) is 31.8 Å². The number of pyridine rings is 1. The van der Waals surface area contributed by atoms with Crippen molar-refractivity contribution in [3.8, 4) is 0 Å². The summed E-state index contributed by atoms with van der Waals surface area (Å²) in [7, 11) is 0. The molecule has 1 aliphatic heterocycles. The molecular weight excluding hydrogens is 228 g/mol. The quantitative estimate of drug-likeness (QED) is 0.870. The first-order chi connectivity index (χ1) is 8.72. The largest absolute Gasteiger partial charge is 0.367 e. The van der Waals surface area contributed by atoms with E-state index in [1.54, 1.807) is 6.20 Å². The van der Waals surface area contributed by atoms with Crippen molar-refractivity contribution in [2.75, 3.05) is 13.1 Å². The Morgan fingerprint density at radius 1 is 1.44 bits per heavy atom. The van der Waals surface area contributed by atoms with Gasteiger partial charge in [-0.05, 0) is 25.2 Å². The third kappa shape index (κ3) is 2.81. The van der Waals surface area contributed by atoms with Crippen LogP contribution in [0.25, 0.3) is 0 Å². The minimum Gasteiger partial charge on any atom is -0.367 e. The first kappa shape index (κ1) is 12.9. The Bertz CT molecular complexity index is 467. The molecule has 2 rings (SSSR count). The van der Waals surface area contributed by atoms with Gasteiger partial charge in [0.05, 0.1) is 0 Å². The van der Waals surface area contributed by atoms with Crippen LogP contribution in [-0.4, -0.2) is 28.9 Å². The fourth-order valence-electron chi connectivity index (χ4n) is 2.53. The Balaban J connectivity index is 2.10. The maximum absolute atomic E-state index is 12.3. The Labute approximate surface area is 107 Å². The van der Waals surface area contributed by atoms with E-state index in [-0.39, 0.29) is 16.9 Å². The van der Waals surface area contributed by atoms with E-state index in [2.05, 4.69) is 11.9 Å². The number of H-pyrrole nitrogens is 1. The van der Waals surface area contributed by atoms with Crippen molar-refractivity contribution >= 4 is 5.91 Å². The van der Waals surface area contributed by atoms with Crippen molar-refractivity contribution in [3.05, 3.63) is 34.2 Å². The lowest BCUT2D eigenvalue weighted by atomic mass is 9.98. The van der Waals surface area contributed by atoms with E-state index < -0.39 is 0 Å². The summed E-state index contributed by atoms with van der Waals surface area (Å²) in [5.41, 5.74) is 0.0579. The second-order valence-corrected chi connectivity index (χ2v) is 4.92. The van der Waals surface area contributed by atoms with E-state index in [1.807, 2.05) is 4.90 Å². The molecule has 2 heterocycles. The summed E-state index contributed by atoms with van der Waals surface area (Å²) in [5, 5.41) is 0. The van der Waals surface area contributed by atoms with Crippen molar-refractivity contribution in [2.45, 2.75) is 32.6 Å². The van der Waals surface area contributed by atoms with Crippen LogP contribution in [0.4, 0.5) is 0 Å². The van der Waals surface area contributed by atoms with Crippen LogP contribution in [0.3, 0.4) is 0 Å². The van der Waals surface area contributed by atoms with Gasteiger partial charge in [-0.1, -0.05) is 13.3 Å². The smallest absolute Gasteiger partial charge is 0.259 e. The maximum Gasteiger partial charge on any atom is 0.259 e. The Kier molecular flexibility index (Phi) is 4.18. The third-order valence-electron chi connectivity index (χ3n) is 3.77. The molecule has 0 aliphatic carbocycles.